The van der Waals surface area contributed by atoms with Crippen molar-refractivity contribution in [3.05, 3.63) is 31.6 Å². The summed E-state index contributed by atoms with van der Waals surface area (Å²) in [6.45, 7) is 14.9. The molecule has 1 atom stereocenters. The van der Waals surface area contributed by atoms with Gasteiger partial charge in [-0.2, -0.15) is 0 Å². The molecule has 0 aromatic rings. The maximum absolute atomic E-state index is 5.22. The lowest BCUT2D eigenvalue weighted by atomic mass is 10.6. The molecule has 0 saturated carbocycles. The van der Waals surface area contributed by atoms with Crippen LogP contribution in [0.5, 0.6) is 0 Å². The van der Waals surface area contributed by atoms with Crippen molar-refractivity contribution in [1.29, 1.82) is 0 Å². The minimum Gasteiger partial charge on any atom is -0.492 e. The van der Waals surface area contributed by atoms with Crippen LogP contribution < -0.4 is 0 Å². The molecule has 0 aromatic carbocycles. The summed E-state index contributed by atoms with van der Waals surface area (Å²) in [4.78, 5) is 0. The molecule has 0 bridgehead atoms. The molecule has 0 aromatic heterocycles. The fourth-order valence-electron chi connectivity index (χ4n) is 0.682. The normalized spacial score (nSPS) is 11.9. The van der Waals surface area contributed by atoms with Crippen LogP contribution in [0.25, 0.3) is 0 Å². The number of hydrogen-bond acceptors (Lipinski definition) is 3. The Kier molecular flexibility index (Phi) is 6.06. The Labute approximate surface area is 80.0 Å². The van der Waals surface area contributed by atoms with Crippen LogP contribution in [0, 0.1) is 6.92 Å². The van der Waals surface area contributed by atoms with Gasteiger partial charge in [0.25, 0.3) is 0 Å². The van der Waals surface area contributed by atoms with Gasteiger partial charge in [-0.15, -0.1) is 0 Å². The number of allylic oxidation sites excluding steroid dienone is 2. The zero-order chi connectivity index (χ0) is 10.3. The van der Waals surface area contributed by atoms with Crippen molar-refractivity contribution in [2.24, 2.45) is 0 Å². The first-order valence-corrected chi connectivity index (χ1v) is 4.07. The van der Waals surface area contributed by atoms with E-state index < -0.39 is 6.29 Å². The Bertz CT molecular complexity index is 175. The van der Waals surface area contributed by atoms with Crippen molar-refractivity contribution in [2.45, 2.75) is 20.1 Å². The maximum Gasteiger partial charge on any atom is 0.233 e. The third-order valence-corrected chi connectivity index (χ3v) is 1.10. The fourth-order valence-corrected chi connectivity index (χ4v) is 0.682. The van der Waals surface area contributed by atoms with Gasteiger partial charge in [0.1, 0.15) is 6.61 Å². The largest absolute Gasteiger partial charge is 0.492 e. The summed E-state index contributed by atoms with van der Waals surface area (Å²) >= 11 is 0. The SMILES string of the molecule is [CH2]COC(COC(=C)C)OC(=C)C. The second-order valence-electron chi connectivity index (χ2n) is 2.63. The van der Waals surface area contributed by atoms with Crippen molar-refractivity contribution in [3.8, 4) is 0 Å². The van der Waals surface area contributed by atoms with Crippen molar-refractivity contribution in [2.75, 3.05) is 13.2 Å². The van der Waals surface area contributed by atoms with E-state index in [1.54, 1.807) is 13.8 Å². The number of ether oxygens (including phenoxy) is 3. The van der Waals surface area contributed by atoms with Crippen LogP contribution in [-0.4, -0.2) is 19.5 Å². The minimum atomic E-state index is -0.452. The van der Waals surface area contributed by atoms with E-state index in [0.717, 1.165) is 0 Å². The molecule has 3 nitrogen and oxygen atoms in total. The lowest BCUT2D eigenvalue weighted by molar-refractivity contribution is -0.135. The van der Waals surface area contributed by atoms with Gasteiger partial charge in [0.15, 0.2) is 0 Å². The van der Waals surface area contributed by atoms with Crippen molar-refractivity contribution >= 4 is 0 Å². The van der Waals surface area contributed by atoms with Crippen LogP contribution in [-0.2, 0) is 14.2 Å². The van der Waals surface area contributed by atoms with Gasteiger partial charge in [0.2, 0.25) is 6.29 Å². The highest BCUT2D eigenvalue weighted by Crippen LogP contribution is 2.04. The van der Waals surface area contributed by atoms with Crippen LogP contribution in [0.4, 0.5) is 0 Å². The Morgan fingerprint density at radius 2 is 1.85 bits per heavy atom. The van der Waals surface area contributed by atoms with Gasteiger partial charge in [-0.25, -0.2) is 0 Å². The summed E-state index contributed by atoms with van der Waals surface area (Å²) in [6, 6.07) is 0. The predicted octanol–water partition coefficient (Wildman–Crippen LogP) is 2.26. The molecule has 75 valence electrons. The average molecular weight is 185 g/mol. The van der Waals surface area contributed by atoms with Crippen LogP contribution in [0.15, 0.2) is 24.7 Å². The number of hydrogen-bond donors (Lipinski definition) is 0. The summed E-state index contributed by atoms with van der Waals surface area (Å²) in [5.41, 5.74) is 0. The Morgan fingerprint density at radius 1 is 1.23 bits per heavy atom. The van der Waals surface area contributed by atoms with Gasteiger partial charge in [-0.05, 0) is 20.8 Å². The third-order valence-electron chi connectivity index (χ3n) is 1.10. The molecular formula is C10H17O3. The van der Waals surface area contributed by atoms with E-state index in [9.17, 15) is 0 Å². The van der Waals surface area contributed by atoms with E-state index in [1.807, 2.05) is 0 Å². The highest BCUT2D eigenvalue weighted by atomic mass is 16.7. The summed E-state index contributed by atoms with van der Waals surface area (Å²) in [6.07, 6.45) is -0.452. The second kappa shape index (κ2) is 6.54. The maximum atomic E-state index is 5.22. The van der Waals surface area contributed by atoms with Gasteiger partial charge in [0, 0.05) is 0 Å². The lowest BCUT2D eigenvalue weighted by Gasteiger charge is -2.18. The first-order chi connectivity index (χ1) is 6.06. The molecule has 1 unspecified atom stereocenters. The van der Waals surface area contributed by atoms with Crippen molar-refractivity contribution in [1.82, 2.24) is 0 Å². The number of rotatable bonds is 7. The minimum absolute atomic E-state index is 0.303. The zero-order valence-electron chi connectivity index (χ0n) is 8.34. The fraction of sp³-hybridized carbons (Fsp3) is 0.500. The molecule has 0 aliphatic carbocycles. The van der Waals surface area contributed by atoms with Gasteiger partial charge < -0.3 is 14.2 Å². The lowest BCUT2D eigenvalue weighted by Crippen LogP contribution is -2.22. The van der Waals surface area contributed by atoms with Gasteiger partial charge in [-0.1, -0.05) is 13.2 Å². The smallest absolute Gasteiger partial charge is 0.233 e. The predicted molar refractivity (Wildman–Crippen MR) is 51.8 cm³/mol. The second-order valence-corrected chi connectivity index (χ2v) is 2.63. The van der Waals surface area contributed by atoms with Crippen LogP contribution >= 0.6 is 0 Å². The van der Waals surface area contributed by atoms with E-state index >= 15 is 0 Å². The van der Waals surface area contributed by atoms with Crippen LogP contribution in [0.1, 0.15) is 13.8 Å². The molecule has 13 heavy (non-hydrogen) atoms. The molecule has 0 spiro atoms. The summed E-state index contributed by atoms with van der Waals surface area (Å²) in [5, 5.41) is 0. The molecule has 1 radical (unpaired) electrons. The van der Waals surface area contributed by atoms with E-state index in [2.05, 4.69) is 20.1 Å². The Balaban J connectivity index is 3.79. The summed E-state index contributed by atoms with van der Waals surface area (Å²) < 4.78 is 15.5. The van der Waals surface area contributed by atoms with E-state index in [4.69, 9.17) is 14.2 Å². The molecule has 0 aliphatic heterocycles. The Morgan fingerprint density at radius 3 is 2.23 bits per heavy atom. The molecule has 0 amide bonds. The molecule has 3 heteroatoms. The van der Waals surface area contributed by atoms with E-state index in [0.29, 0.717) is 24.7 Å². The first kappa shape index (κ1) is 12.0. The van der Waals surface area contributed by atoms with Crippen LogP contribution in [0.2, 0.25) is 0 Å². The molecular weight excluding hydrogens is 168 g/mol. The topological polar surface area (TPSA) is 27.7 Å². The molecule has 0 saturated heterocycles. The molecule has 0 rings (SSSR count). The highest BCUT2D eigenvalue weighted by molar-refractivity contribution is 4.77. The molecule has 0 heterocycles. The van der Waals surface area contributed by atoms with Crippen molar-refractivity contribution in [3.63, 3.8) is 0 Å². The standard InChI is InChI=1S/C10H17O3/c1-6-11-10(13-9(4)5)7-12-8(2)3/h10H,1-2,4,6-7H2,3,5H3. The van der Waals surface area contributed by atoms with E-state index in [1.165, 1.54) is 0 Å². The summed E-state index contributed by atoms with van der Waals surface area (Å²) in [7, 11) is 0. The monoisotopic (exact) mass is 185 g/mol. The molecule has 0 aliphatic rings. The molecule has 0 N–H and O–H groups in total. The Hall–Kier alpha value is -0.960. The zero-order valence-corrected chi connectivity index (χ0v) is 8.34. The molecule has 0 fully saturated rings. The first-order valence-electron chi connectivity index (χ1n) is 4.07. The van der Waals surface area contributed by atoms with Gasteiger partial charge in [0.05, 0.1) is 18.1 Å². The van der Waals surface area contributed by atoms with Gasteiger partial charge >= 0.3 is 0 Å². The average Bonchev–Trinajstić information content (AvgIpc) is 1.99. The quantitative estimate of drug-likeness (QED) is 0.450. The van der Waals surface area contributed by atoms with Gasteiger partial charge in [-0.3, -0.25) is 0 Å². The van der Waals surface area contributed by atoms with Crippen molar-refractivity contribution < 1.29 is 14.2 Å². The van der Waals surface area contributed by atoms with E-state index in [-0.39, 0.29) is 0 Å². The third kappa shape index (κ3) is 7.40. The van der Waals surface area contributed by atoms with Crippen LogP contribution in [0.3, 0.4) is 0 Å². The highest BCUT2D eigenvalue weighted by Gasteiger charge is 2.09. The summed E-state index contributed by atoms with van der Waals surface area (Å²) in [5.74, 6) is 1.21.